The van der Waals surface area contributed by atoms with E-state index < -0.39 is 0 Å². The summed E-state index contributed by atoms with van der Waals surface area (Å²) < 4.78 is 2.27. The number of rotatable bonds is 8. The topological polar surface area (TPSA) is 17.8 Å². The average Bonchev–Trinajstić information content (AvgIpc) is 2.88. The molecule has 0 spiro atoms. The predicted molar refractivity (Wildman–Crippen MR) is 80.1 cm³/mol. The molecule has 2 rings (SSSR count). The van der Waals surface area contributed by atoms with E-state index in [1.807, 2.05) is 12.3 Å². The Balaban J connectivity index is 1.79. The molecule has 0 aliphatic heterocycles. The van der Waals surface area contributed by atoms with Crippen LogP contribution in [-0.4, -0.2) is 9.55 Å². The smallest absolute Gasteiger partial charge is 0.108 e. The number of nitrogens with zero attached hydrogens (tertiary/aromatic N) is 2. The zero-order chi connectivity index (χ0) is 13.3. The summed E-state index contributed by atoms with van der Waals surface area (Å²) in [6.07, 6.45) is 11.5. The molecular weight excluding hydrogens is 232 g/mol. The van der Waals surface area contributed by atoms with Crippen LogP contribution in [0.25, 0.3) is 0 Å². The molecule has 0 atom stereocenters. The zero-order valence-electron chi connectivity index (χ0n) is 11.5. The van der Waals surface area contributed by atoms with Gasteiger partial charge in [0.2, 0.25) is 0 Å². The highest BCUT2D eigenvalue weighted by Gasteiger charge is 2.02. The first-order valence-corrected chi connectivity index (χ1v) is 7.05. The predicted octanol–water partition coefficient (Wildman–Crippen LogP) is 4.02. The largest absolute Gasteiger partial charge is 0.335 e. The van der Waals surface area contributed by atoms with Gasteiger partial charge in [0.1, 0.15) is 5.82 Å². The Morgan fingerprint density at radius 2 is 1.95 bits per heavy atom. The second kappa shape index (κ2) is 7.57. The van der Waals surface area contributed by atoms with Crippen LogP contribution in [0.4, 0.5) is 0 Å². The third-order valence-electron chi connectivity index (χ3n) is 3.32. The van der Waals surface area contributed by atoms with E-state index in [2.05, 4.69) is 52.7 Å². The fraction of sp³-hybridized carbons (Fsp3) is 0.353. The molecule has 1 aromatic heterocycles. The van der Waals surface area contributed by atoms with E-state index in [9.17, 15) is 0 Å². The number of aromatic nitrogens is 2. The minimum Gasteiger partial charge on any atom is -0.335 e. The maximum Gasteiger partial charge on any atom is 0.108 e. The van der Waals surface area contributed by atoms with Crippen LogP contribution in [-0.2, 0) is 19.4 Å². The second-order valence-corrected chi connectivity index (χ2v) is 4.81. The molecule has 0 fully saturated rings. The molecule has 0 saturated heterocycles. The lowest BCUT2D eigenvalue weighted by Crippen LogP contribution is -2.04. The molecule has 2 aromatic rings. The van der Waals surface area contributed by atoms with Gasteiger partial charge >= 0.3 is 0 Å². The number of imidazole rings is 1. The SMILES string of the molecule is C=CCCCn1ccnc1CCCc1ccccc1. The highest BCUT2D eigenvalue weighted by atomic mass is 15.1. The fourth-order valence-electron chi connectivity index (χ4n) is 2.27. The van der Waals surface area contributed by atoms with Gasteiger partial charge in [0, 0.05) is 25.4 Å². The van der Waals surface area contributed by atoms with Crippen LogP contribution < -0.4 is 0 Å². The van der Waals surface area contributed by atoms with Crippen LogP contribution in [0, 0.1) is 0 Å². The van der Waals surface area contributed by atoms with Gasteiger partial charge in [-0.1, -0.05) is 36.4 Å². The first-order valence-electron chi connectivity index (χ1n) is 7.05. The Hall–Kier alpha value is -1.83. The molecule has 0 aliphatic carbocycles. The number of hydrogen-bond acceptors (Lipinski definition) is 1. The van der Waals surface area contributed by atoms with Crippen molar-refractivity contribution < 1.29 is 0 Å². The molecule has 100 valence electrons. The fourth-order valence-corrected chi connectivity index (χ4v) is 2.27. The molecule has 0 N–H and O–H groups in total. The third kappa shape index (κ3) is 4.40. The Morgan fingerprint density at radius 3 is 2.74 bits per heavy atom. The maximum absolute atomic E-state index is 4.46. The van der Waals surface area contributed by atoms with Crippen molar-refractivity contribution in [2.75, 3.05) is 0 Å². The molecule has 19 heavy (non-hydrogen) atoms. The third-order valence-corrected chi connectivity index (χ3v) is 3.32. The van der Waals surface area contributed by atoms with Gasteiger partial charge in [-0.2, -0.15) is 0 Å². The van der Waals surface area contributed by atoms with Crippen molar-refractivity contribution in [1.29, 1.82) is 0 Å². The molecule has 0 unspecified atom stereocenters. The van der Waals surface area contributed by atoms with Crippen molar-refractivity contribution in [2.45, 2.75) is 38.6 Å². The molecule has 0 bridgehead atoms. The van der Waals surface area contributed by atoms with Crippen molar-refractivity contribution in [3.63, 3.8) is 0 Å². The summed E-state index contributed by atoms with van der Waals surface area (Å²) in [7, 11) is 0. The van der Waals surface area contributed by atoms with Crippen molar-refractivity contribution in [3.8, 4) is 0 Å². The van der Waals surface area contributed by atoms with Crippen LogP contribution in [0.1, 0.15) is 30.7 Å². The van der Waals surface area contributed by atoms with Crippen LogP contribution >= 0.6 is 0 Å². The normalized spacial score (nSPS) is 10.5. The molecule has 2 heteroatoms. The molecule has 1 aromatic carbocycles. The first-order chi connectivity index (χ1) is 9.40. The molecule has 1 heterocycles. The first kappa shape index (κ1) is 13.6. The molecular formula is C17H22N2. The van der Waals surface area contributed by atoms with E-state index in [1.165, 1.54) is 11.4 Å². The van der Waals surface area contributed by atoms with Crippen molar-refractivity contribution in [2.24, 2.45) is 0 Å². The second-order valence-electron chi connectivity index (χ2n) is 4.81. The summed E-state index contributed by atoms with van der Waals surface area (Å²) in [4.78, 5) is 4.46. The monoisotopic (exact) mass is 254 g/mol. The lowest BCUT2D eigenvalue weighted by Gasteiger charge is -2.07. The Morgan fingerprint density at radius 1 is 1.11 bits per heavy atom. The van der Waals surface area contributed by atoms with E-state index >= 15 is 0 Å². The van der Waals surface area contributed by atoms with Gasteiger partial charge in [0.05, 0.1) is 0 Å². The van der Waals surface area contributed by atoms with Gasteiger partial charge in [-0.05, 0) is 31.2 Å². The van der Waals surface area contributed by atoms with Crippen molar-refractivity contribution in [3.05, 3.63) is 66.8 Å². The zero-order valence-corrected chi connectivity index (χ0v) is 11.5. The minimum absolute atomic E-state index is 1.05. The summed E-state index contributed by atoms with van der Waals surface area (Å²) in [5.74, 6) is 1.21. The quantitative estimate of drug-likeness (QED) is 0.514. The number of benzene rings is 1. The molecule has 0 amide bonds. The molecule has 0 saturated carbocycles. The van der Waals surface area contributed by atoms with Gasteiger partial charge in [-0.25, -0.2) is 4.98 Å². The van der Waals surface area contributed by atoms with Gasteiger partial charge < -0.3 is 4.57 Å². The van der Waals surface area contributed by atoms with E-state index in [1.54, 1.807) is 0 Å². The van der Waals surface area contributed by atoms with Crippen molar-refractivity contribution in [1.82, 2.24) is 9.55 Å². The lowest BCUT2D eigenvalue weighted by atomic mass is 10.1. The molecule has 2 nitrogen and oxygen atoms in total. The van der Waals surface area contributed by atoms with E-state index in [0.717, 1.165) is 38.6 Å². The van der Waals surface area contributed by atoms with Gasteiger partial charge in [-0.3, -0.25) is 0 Å². The summed E-state index contributed by atoms with van der Waals surface area (Å²) in [5.41, 5.74) is 1.41. The van der Waals surface area contributed by atoms with Crippen LogP contribution in [0.2, 0.25) is 0 Å². The highest BCUT2D eigenvalue weighted by Crippen LogP contribution is 2.08. The summed E-state index contributed by atoms with van der Waals surface area (Å²) in [6.45, 7) is 4.81. The van der Waals surface area contributed by atoms with E-state index in [0.29, 0.717) is 0 Å². The van der Waals surface area contributed by atoms with Crippen LogP contribution in [0.15, 0.2) is 55.4 Å². The minimum atomic E-state index is 1.05. The number of aryl methyl sites for hydroxylation is 3. The molecule has 0 radical (unpaired) electrons. The van der Waals surface area contributed by atoms with E-state index in [4.69, 9.17) is 0 Å². The van der Waals surface area contributed by atoms with E-state index in [-0.39, 0.29) is 0 Å². The van der Waals surface area contributed by atoms with Crippen LogP contribution in [0.3, 0.4) is 0 Å². The maximum atomic E-state index is 4.46. The number of hydrogen-bond donors (Lipinski definition) is 0. The van der Waals surface area contributed by atoms with Gasteiger partial charge in [0.15, 0.2) is 0 Å². The summed E-state index contributed by atoms with van der Waals surface area (Å²) in [6, 6.07) is 10.7. The van der Waals surface area contributed by atoms with Gasteiger partial charge in [0.25, 0.3) is 0 Å². The van der Waals surface area contributed by atoms with Crippen molar-refractivity contribution >= 4 is 0 Å². The Kier molecular flexibility index (Phi) is 5.42. The highest BCUT2D eigenvalue weighted by molar-refractivity contribution is 5.14. The lowest BCUT2D eigenvalue weighted by molar-refractivity contribution is 0.605. The van der Waals surface area contributed by atoms with Gasteiger partial charge in [-0.15, -0.1) is 6.58 Å². The average molecular weight is 254 g/mol. The number of allylic oxidation sites excluding steroid dienone is 1. The Labute approximate surface area is 115 Å². The summed E-state index contributed by atoms with van der Waals surface area (Å²) >= 11 is 0. The Bertz CT molecular complexity index is 485. The summed E-state index contributed by atoms with van der Waals surface area (Å²) in [5, 5.41) is 0. The number of unbranched alkanes of at least 4 members (excludes halogenated alkanes) is 1. The standard InChI is InChI=1S/C17H22N2/c1-2-3-7-14-19-15-13-18-17(19)12-8-11-16-9-5-4-6-10-16/h2,4-6,9-10,13,15H,1,3,7-8,11-12,14H2. The molecule has 0 aliphatic rings. The van der Waals surface area contributed by atoms with Crippen LogP contribution in [0.5, 0.6) is 0 Å².